The molecular weight excluding hydrogens is 360 g/mol. The third kappa shape index (κ3) is 4.24. The lowest BCUT2D eigenvalue weighted by molar-refractivity contribution is -0.126. The molecular formula is C18H19F2N3O2S. The van der Waals surface area contributed by atoms with Gasteiger partial charge >= 0.3 is 0 Å². The molecule has 0 radical (unpaired) electrons. The van der Waals surface area contributed by atoms with E-state index in [1.807, 2.05) is 6.92 Å². The summed E-state index contributed by atoms with van der Waals surface area (Å²) in [6.45, 7) is 3.09. The van der Waals surface area contributed by atoms with E-state index in [0.717, 1.165) is 22.0 Å². The highest BCUT2D eigenvalue weighted by Gasteiger charge is 2.28. The molecule has 1 saturated heterocycles. The highest BCUT2D eigenvalue weighted by atomic mass is 32.1. The van der Waals surface area contributed by atoms with Gasteiger partial charge in [0.1, 0.15) is 11.6 Å². The third-order valence-corrected chi connectivity index (χ3v) is 5.33. The molecule has 0 bridgehead atoms. The Morgan fingerprint density at radius 3 is 2.65 bits per heavy atom. The first-order chi connectivity index (χ1) is 12.4. The van der Waals surface area contributed by atoms with Crippen LogP contribution in [0.15, 0.2) is 24.4 Å². The molecule has 1 aliphatic rings. The maximum atomic E-state index is 13.8. The fourth-order valence-electron chi connectivity index (χ4n) is 2.98. The lowest BCUT2D eigenvalue weighted by atomic mass is 9.95. The predicted octanol–water partition coefficient (Wildman–Crippen LogP) is 2.90. The number of nitrogens with one attached hydrogen (secondary N) is 1. The van der Waals surface area contributed by atoms with Gasteiger partial charge in [0.15, 0.2) is 0 Å². The molecule has 138 valence electrons. The first-order valence-electron chi connectivity index (χ1n) is 8.37. The normalized spacial score (nSPS) is 15.1. The second-order valence-corrected chi connectivity index (χ2v) is 7.57. The molecule has 1 aliphatic heterocycles. The molecule has 5 nitrogen and oxygen atoms in total. The summed E-state index contributed by atoms with van der Waals surface area (Å²) in [5.41, 5.74) is -0.144. The van der Waals surface area contributed by atoms with E-state index in [1.165, 1.54) is 16.2 Å². The Morgan fingerprint density at radius 1 is 1.31 bits per heavy atom. The van der Waals surface area contributed by atoms with Crippen LogP contribution in [0.25, 0.3) is 0 Å². The molecule has 8 heteroatoms. The Morgan fingerprint density at radius 2 is 2.04 bits per heavy atom. The van der Waals surface area contributed by atoms with E-state index >= 15 is 0 Å². The molecule has 0 atom stereocenters. The molecule has 0 aliphatic carbocycles. The van der Waals surface area contributed by atoms with E-state index in [4.69, 9.17) is 0 Å². The van der Waals surface area contributed by atoms with Gasteiger partial charge in [-0.1, -0.05) is 0 Å². The molecule has 1 N–H and O–H groups in total. The fraction of sp³-hybridized carbons (Fsp3) is 0.389. The van der Waals surface area contributed by atoms with Crippen molar-refractivity contribution in [1.82, 2.24) is 15.2 Å². The number of piperidine rings is 1. The third-order valence-electron chi connectivity index (χ3n) is 4.42. The Bertz CT molecular complexity index is 817. The van der Waals surface area contributed by atoms with Crippen molar-refractivity contribution in [3.63, 3.8) is 0 Å². The summed E-state index contributed by atoms with van der Waals surface area (Å²) in [6, 6.07) is 2.93. The van der Waals surface area contributed by atoms with Gasteiger partial charge in [-0.3, -0.25) is 9.59 Å². The molecule has 3 rings (SSSR count). The van der Waals surface area contributed by atoms with Gasteiger partial charge in [-0.15, -0.1) is 11.3 Å². The minimum absolute atomic E-state index is 0.0453. The standard InChI is InChI=1S/C18H19F2N3O2S/c1-11-21-9-14(26-11)10-22-17(24)12-4-6-23(7-5-12)18(25)15-3-2-13(19)8-16(15)20/h2-3,8-9,12H,4-7,10H2,1H3,(H,22,24). The van der Waals surface area contributed by atoms with Crippen LogP contribution in [0.1, 0.15) is 33.1 Å². The largest absolute Gasteiger partial charge is 0.351 e. The average molecular weight is 379 g/mol. The second kappa shape index (κ2) is 7.90. The molecule has 0 unspecified atom stereocenters. The highest BCUT2D eigenvalue weighted by molar-refractivity contribution is 7.11. The van der Waals surface area contributed by atoms with Gasteiger partial charge in [0.05, 0.1) is 17.1 Å². The van der Waals surface area contributed by atoms with E-state index < -0.39 is 17.5 Å². The van der Waals surface area contributed by atoms with Crippen LogP contribution in [0.3, 0.4) is 0 Å². The van der Waals surface area contributed by atoms with E-state index in [1.54, 1.807) is 6.20 Å². The molecule has 0 saturated carbocycles. The lowest BCUT2D eigenvalue weighted by Crippen LogP contribution is -2.43. The van der Waals surface area contributed by atoms with Crippen molar-refractivity contribution in [2.75, 3.05) is 13.1 Å². The number of hydrogen-bond donors (Lipinski definition) is 1. The molecule has 2 aromatic rings. The highest BCUT2D eigenvalue weighted by Crippen LogP contribution is 2.21. The van der Waals surface area contributed by atoms with Crippen LogP contribution < -0.4 is 5.32 Å². The molecule has 2 amide bonds. The molecule has 2 heterocycles. The van der Waals surface area contributed by atoms with Crippen molar-refractivity contribution in [3.8, 4) is 0 Å². The number of amides is 2. The first-order valence-corrected chi connectivity index (χ1v) is 9.19. The Labute approximate surface area is 154 Å². The molecule has 1 fully saturated rings. The summed E-state index contributed by atoms with van der Waals surface area (Å²) in [7, 11) is 0. The number of halogens is 2. The summed E-state index contributed by atoms with van der Waals surface area (Å²) in [6.07, 6.45) is 2.78. The van der Waals surface area contributed by atoms with E-state index in [9.17, 15) is 18.4 Å². The van der Waals surface area contributed by atoms with Crippen molar-refractivity contribution in [2.24, 2.45) is 5.92 Å². The van der Waals surface area contributed by atoms with Gasteiger partial charge in [-0.05, 0) is 31.9 Å². The number of likely N-dealkylation sites (tertiary alicyclic amines) is 1. The maximum Gasteiger partial charge on any atom is 0.256 e. The van der Waals surface area contributed by atoms with Crippen LogP contribution in [-0.2, 0) is 11.3 Å². The summed E-state index contributed by atoms with van der Waals surface area (Å²) in [5, 5.41) is 3.85. The minimum Gasteiger partial charge on any atom is -0.351 e. The fourth-order valence-corrected chi connectivity index (χ4v) is 3.72. The SMILES string of the molecule is Cc1ncc(CNC(=O)C2CCN(C(=O)c3ccc(F)cc3F)CC2)s1. The monoisotopic (exact) mass is 379 g/mol. The van der Waals surface area contributed by atoms with Crippen LogP contribution >= 0.6 is 11.3 Å². The topological polar surface area (TPSA) is 62.3 Å². The number of benzene rings is 1. The van der Waals surface area contributed by atoms with Gasteiger partial charge in [0.25, 0.3) is 5.91 Å². The van der Waals surface area contributed by atoms with E-state index in [2.05, 4.69) is 10.3 Å². The van der Waals surface area contributed by atoms with Crippen LogP contribution in [0, 0.1) is 24.5 Å². The van der Waals surface area contributed by atoms with Crippen molar-refractivity contribution < 1.29 is 18.4 Å². The summed E-state index contributed by atoms with van der Waals surface area (Å²) in [5.74, 6) is -2.27. The average Bonchev–Trinajstić information content (AvgIpc) is 3.04. The van der Waals surface area contributed by atoms with Gasteiger partial charge in [-0.2, -0.15) is 0 Å². The first kappa shape index (κ1) is 18.4. The van der Waals surface area contributed by atoms with Gasteiger partial charge < -0.3 is 10.2 Å². The summed E-state index contributed by atoms with van der Waals surface area (Å²) < 4.78 is 26.7. The Hall–Kier alpha value is -2.35. The number of rotatable bonds is 4. The molecule has 1 aromatic heterocycles. The Kier molecular flexibility index (Phi) is 5.61. The summed E-state index contributed by atoms with van der Waals surface area (Å²) >= 11 is 1.54. The second-order valence-electron chi connectivity index (χ2n) is 6.25. The van der Waals surface area contributed by atoms with Gasteiger partial charge in [0, 0.05) is 36.1 Å². The Balaban J connectivity index is 1.51. The van der Waals surface area contributed by atoms with E-state index in [-0.39, 0.29) is 17.4 Å². The maximum absolute atomic E-state index is 13.8. The van der Waals surface area contributed by atoms with Crippen LogP contribution in [0.2, 0.25) is 0 Å². The molecule has 0 spiro atoms. The van der Waals surface area contributed by atoms with Crippen molar-refractivity contribution in [3.05, 3.63) is 51.5 Å². The number of aromatic nitrogens is 1. The number of carbonyl (C=O) groups is 2. The van der Waals surface area contributed by atoms with Crippen molar-refractivity contribution in [1.29, 1.82) is 0 Å². The molecule has 26 heavy (non-hydrogen) atoms. The number of carbonyl (C=O) groups excluding carboxylic acids is 2. The number of nitrogens with zero attached hydrogens (tertiary/aromatic N) is 2. The smallest absolute Gasteiger partial charge is 0.256 e. The number of aryl methyl sites for hydroxylation is 1. The van der Waals surface area contributed by atoms with Crippen LogP contribution in [-0.4, -0.2) is 34.8 Å². The zero-order chi connectivity index (χ0) is 18.7. The number of thiazole rings is 1. The summed E-state index contributed by atoms with van der Waals surface area (Å²) in [4.78, 5) is 31.3. The lowest BCUT2D eigenvalue weighted by Gasteiger charge is -2.31. The van der Waals surface area contributed by atoms with Gasteiger partial charge in [-0.25, -0.2) is 13.8 Å². The van der Waals surface area contributed by atoms with Crippen LogP contribution in [0.5, 0.6) is 0 Å². The van der Waals surface area contributed by atoms with Crippen LogP contribution in [0.4, 0.5) is 8.78 Å². The zero-order valence-electron chi connectivity index (χ0n) is 14.3. The van der Waals surface area contributed by atoms with Gasteiger partial charge in [0.2, 0.25) is 5.91 Å². The van der Waals surface area contributed by atoms with E-state index in [0.29, 0.717) is 38.5 Å². The molecule has 1 aromatic carbocycles. The van der Waals surface area contributed by atoms with Crippen molar-refractivity contribution in [2.45, 2.75) is 26.3 Å². The number of hydrogen-bond acceptors (Lipinski definition) is 4. The van der Waals surface area contributed by atoms with Crippen molar-refractivity contribution >= 4 is 23.2 Å². The minimum atomic E-state index is -0.866. The quantitative estimate of drug-likeness (QED) is 0.889. The zero-order valence-corrected chi connectivity index (χ0v) is 15.1. The predicted molar refractivity (Wildman–Crippen MR) is 93.7 cm³/mol.